The van der Waals surface area contributed by atoms with E-state index in [2.05, 4.69) is 51.5 Å². The number of aryl methyl sites for hydroxylation is 1. The molecule has 1 aliphatic heterocycles. The predicted molar refractivity (Wildman–Crippen MR) is 105 cm³/mol. The fraction of sp³-hybridized carbons (Fsp3) is 0.722. The Balaban J connectivity index is 1.61. The van der Waals surface area contributed by atoms with Crippen molar-refractivity contribution < 1.29 is 0 Å². The molecule has 136 valence electrons. The molecule has 0 amide bonds. The van der Waals surface area contributed by atoms with Gasteiger partial charge < -0.3 is 20.4 Å². The van der Waals surface area contributed by atoms with E-state index in [-0.39, 0.29) is 0 Å². The predicted octanol–water partition coefficient (Wildman–Crippen LogP) is 2.00. The number of aliphatic imine (C=N–C) groups is 1. The highest BCUT2D eigenvalue weighted by molar-refractivity contribution is 7.11. The molecule has 2 N–H and O–H groups in total. The topological polar surface area (TPSA) is 42.9 Å². The number of nitrogens with one attached hydrogen (secondary N) is 2. The van der Waals surface area contributed by atoms with Gasteiger partial charge in [-0.05, 0) is 58.1 Å². The fourth-order valence-corrected chi connectivity index (χ4v) is 3.83. The van der Waals surface area contributed by atoms with Gasteiger partial charge in [0.15, 0.2) is 5.96 Å². The Hall–Kier alpha value is -1.11. The van der Waals surface area contributed by atoms with Crippen molar-refractivity contribution in [1.82, 2.24) is 20.4 Å². The van der Waals surface area contributed by atoms with Crippen LogP contribution in [0.4, 0.5) is 0 Å². The Morgan fingerprint density at radius 3 is 2.75 bits per heavy atom. The molecule has 1 saturated heterocycles. The molecular weight excluding hydrogens is 318 g/mol. The Morgan fingerprint density at radius 2 is 2.00 bits per heavy atom. The molecule has 5 nitrogen and oxygen atoms in total. The third kappa shape index (κ3) is 6.79. The zero-order valence-corrected chi connectivity index (χ0v) is 16.3. The molecule has 1 fully saturated rings. The Labute approximate surface area is 151 Å². The Kier molecular flexibility index (Phi) is 8.56. The fourth-order valence-electron chi connectivity index (χ4n) is 2.93. The zero-order valence-electron chi connectivity index (χ0n) is 15.5. The summed E-state index contributed by atoms with van der Waals surface area (Å²) in [6.07, 6.45) is 3.56. The number of hydrogen-bond acceptors (Lipinski definition) is 4. The molecule has 1 aromatic rings. The summed E-state index contributed by atoms with van der Waals surface area (Å²) in [6, 6.07) is 4.43. The first kappa shape index (κ1) is 19.2. The van der Waals surface area contributed by atoms with E-state index in [1.54, 1.807) is 0 Å². The molecule has 0 aliphatic carbocycles. The molecule has 0 bridgehead atoms. The van der Waals surface area contributed by atoms with Gasteiger partial charge in [0.05, 0.1) is 6.54 Å². The van der Waals surface area contributed by atoms with Gasteiger partial charge in [-0.15, -0.1) is 11.3 Å². The monoisotopic (exact) mass is 351 g/mol. The summed E-state index contributed by atoms with van der Waals surface area (Å²) < 4.78 is 0. The average molecular weight is 352 g/mol. The summed E-state index contributed by atoms with van der Waals surface area (Å²) in [5.74, 6) is 0.900. The maximum atomic E-state index is 4.32. The lowest BCUT2D eigenvalue weighted by Crippen LogP contribution is -2.38. The van der Waals surface area contributed by atoms with Gasteiger partial charge in [-0.1, -0.05) is 6.92 Å². The van der Waals surface area contributed by atoms with Crippen LogP contribution in [0.3, 0.4) is 0 Å². The number of nitrogens with zero attached hydrogens (tertiary/aromatic N) is 3. The minimum atomic E-state index is 0.850. The van der Waals surface area contributed by atoms with Crippen molar-refractivity contribution >= 4 is 17.3 Å². The molecule has 24 heavy (non-hydrogen) atoms. The van der Waals surface area contributed by atoms with E-state index >= 15 is 0 Å². The van der Waals surface area contributed by atoms with E-state index in [1.807, 2.05) is 18.4 Å². The molecule has 2 heterocycles. The zero-order chi connectivity index (χ0) is 17.2. The first-order valence-corrected chi connectivity index (χ1v) is 9.96. The maximum absolute atomic E-state index is 4.32. The second kappa shape index (κ2) is 10.7. The van der Waals surface area contributed by atoms with Crippen LogP contribution in [0.5, 0.6) is 0 Å². The number of hydrogen-bond donors (Lipinski definition) is 2. The molecule has 0 saturated carbocycles. The third-order valence-electron chi connectivity index (χ3n) is 4.48. The minimum absolute atomic E-state index is 0.850. The SMILES string of the molecule is CCc1ccc(CNC(=NC)NCCCN2CCCN(C)CC2)s1. The molecule has 0 spiro atoms. The molecule has 1 aromatic heterocycles. The summed E-state index contributed by atoms with van der Waals surface area (Å²) in [5.41, 5.74) is 0. The molecule has 6 heteroatoms. The van der Waals surface area contributed by atoms with Crippen molar-refractivity contribution in [2.24, 2.45) is 4.99 Å². The summed E-state index contributed by atoms with van der Waals surface area (Å²) in [4.78, 5) is 12.1. The average Bonchev–Trinajstić information content (AvgIpc) is 2.96. The van der Waals surface area contributed by atoms with Gasteiger partial charge in [0, 0.05) is 36.4 Å². The van der Waals surface area contributed by atoms with Gasteiger partial charge in [0.25, 0.3) is 0 Å². The van der Waals surface area contributed by atoms with Crippen LogP contribution in [-0.2, 0) is 13.0 Å². The molecule has 2 rings (SSSR count). The summed E-state index contributed by atoms with van der Waals surface area (Å²) >= 11 is 1.88. The van der Waals surface area contributed by atoms with Crippen LogP contribution in [0, 0.1) is 0 Å². The van der Waals surface area contributed by atoms with E-state index in [4.69, 9.17) is 0 Å². The minimum Gasteiger partial charge on any atom is -0.356 e. The van der Waals surface area contributed by atoms with Crippen LogP contribution in [0.1, 0.15) is 29.5 Å². The van der Waals surface area contributed by atoms with Crippen molar-refractivity contribution in [3.05, 3.63) is 21.9 Å². The van der Waals surface area contributed by atoms with Crippen LogP contribution < -0.4 is 10.6 Å². The quantitative estimate of drug-likeness (QED) is 0.448. The largest absolute Gasteiger partial charge is 0.356 e. The highest BCUT2D eigenvalue weighted by atomic mass is 32.1. The van der Waals surface area contributed by atoms with Crippen LogP contribution in [0.2, 0.25) is 0 Å². The normalized spacial score (nSPS) is 17.7. The van der Waals surface area contributed by atoms with Crippen molar-refractivity contribution in [2.75, 3.05) is 53.4 Å². The summed E-state index contributed by atoms with van der Waals surface area (Å²) in [5, 5.41) is 6.84. The van der Waals surface area contributed by atoms with Crippen molar-refractivity contribution in [3.63, 3.8) is 0 Å². The Bertz CT molecular complexity index is 499. The highest BCUT2D eigenvalue weighted by Crippen LogP contribution is 2.16. The van der Waals surface area contributed by atoms with Crippen molar-refractivity contribution in [2.45, 2.75) is 32.7 Å². The third-order valence-corrected chi connectivity index (χ3v) is 5.70. The van der Waals surface area contributed by atoms with Gasteiger partial charge in [0.2, 0.25) is 0 Å². The molecule has 0 unspecified atom stereocenters. The summed E-state index contributed by atoms with van der Waals surface area (Å²) in [7, 11) is 4.06. The van der Waals surface area contributed by atoms with Crippen molar-refractivity contribution in [3.8, 4) is 0 Å². The number of guanidine groups is 1. The lowest BCUT2D eigenvalue weighted by Gasteiger charge is -2.20. The molecule has 1 aliphatic rings. The number of rotatable bonds is 7. The molecule has 0 radical (unpaired) electrons. The van der Waals surface area contributed by atoms with Crippen LogP contribution in [0.25, 0.3) is 0 Å². The van der Waals surface area contributed by atoms with Crippen LogP contribution in [-0.4, -0.2) is 69.1 Å². The van der Waals surface area contributed by atoms with Crippen molar-refractivity contribution in [1.29, 1.82) is 0 Å². The summed E-state index contributed by atoms with van der Waals surface area (Å²) in [6.45, 7) is 10.0. The van der Waals surface area contributed by atoms with E-state index in [9.17, 15) is 0 Å². The maximum Gasteiger partial charge on any atom is 0.191 e. The van der Waals surface area contributed by atoms with E-state index < -0.39 is 0 Å². The highest BCUT2D eigenvalue weighted by Gasteiger charge is 2.11. The van der Waals surface area contributed by atoms with Crippen LogP contribution >= 0.6 is 11.3 Å². The van der Waals surface area contributed by atoms with Gasteiger partial charge in [-0.25, -0.2) is 0 Å². The number of thiophene rings is 1. The standard InChI is InChI=1S/C18H33N5S/c1-4-16-7-8-17(24-16)15-21-18(19-2)20-9-5-11-23-12-6-10-22(3)13-14-23/h7-8H,4-6,9-15H2,1-3H3,(H2,19,20,21). The molecular formula is C18H33N5S. The Morgan fingerprint density at radius 1 is 1.17 bits per heavy atom. The first-order valence-electron chi connectivity index (χ1n) is 9.14. The van der Waals surface area contributed by atoms with Crippen LogP contribution in [0.15, 0.2) is 17.1 Å². The first-order chi connectivity index (χ1) is 11.7. The van der Waals surface area contributed by atoms with E-state index in [1.165, 1.54) is 48.9 Å². The molecule has 0 atom stereocenters. The lowest BCUT2D eigenvalue weighted by atomic mass is 10.3. The van der Waals surface area contributed by atoms with Gasteiger partial charge in [0.1, 0.15) is 0 Å². The van der Waals surface area contributed by atoms with E-state index in [0.717, 1.165) is 31.9 Å². The second-order valence-corrected chi connectivity index (χ2v) is 7.68. The second-order valence-electron chi connectivity index (χ2n) is 6.43. The smallest absolute Gasteiger partial charge is 0.191 e. The number of likely N-dealkylation sites (N-methyl/N-ethyl adjacent to an activating group) is 1. The lowest BCUT2D eigenvalue weighted by molar-refractivity contribution is 0.274. The van der Waals surface area contributed by atoms with E-state index in [0.29, 0.717) is 0 Å². The molecule has 0 aromatic carbocycles. The van der Waals surface area contributed by atoms with Gasteiger partial charge in [-0.2, -0.15) is 0 Å². The van der Waals surface area contributed by atoms with Gasteiger partial charge >= 0.3 is 0 Å². The van der Waals surface area contributed by atoms with Gasteiger partial charge in [-0.3, -0.25) is 4.99 Å².